The Bertz CT molecular complexity index is 696. The summed E-state index contributed by atoms with van der Waals surface area (Å²) in [7, 11) is 0. The fourth-order valence-corrected chi connectivity index (χ4v) is 7.56. The molecule has 4 aliphatic carbocycles. The Morgan fingerprint density at radius 2 is 1.78 bits per heavy atom. The molecule has 150 valence electrons. The van der Waals surface area contributed by atoms with E-state index in [9.17, 15) is 14.7 Å². The minimum absolute atomic E-state index is 0.0292. The van der Waals surface area contributed by atoms with E-state index in [0.29, 0.717) is 24.2 Å². The summed E-state index contributed by atoms with van der Waals surface area (Å²) in [5, 5.41) is 11.2. The standard InChI is InChI=1S/C23H34O4/c1-14(24)23(26)12-9-20-18-6-5-16-13-17(27-15(2)25)7-10-21(16,3)19(18)8-11-22(20,23)4/h5,17-20,26H,6-13H2,1-4H3/t17-,18-,19+,20+,21-,22+,23-/m0/s1. The molecule has 0 amide bonds. The Morgan fingerprint density at radius 1 is 1.07 bits per heavy atom. The van der Waals surface area contributed by atoms with Crippen molar-refractivity contribution in [2.45, 2.75) is 90.8 Å². The SMILES string of the molecule is CC(=O)O[C@H]1CC[C@@]2(C)C(=CC[C@H]3[C@H]2CC[C@]2(C)[C@@H]3CC[C@]2(O)C(C)=O)C1. The molecule has 0 radical (unpaired) electrons. The lowest BCUT2D eigenvalue weighted by molar-refractivity contribution is -0.160. The van der Waals surface area contributed by atoms with Crippen LogP contribution in [0.3, 0.4) is 0 Å². The van der Waals surface area contributed by atoms with Gasteiger partial charge in [0.05, 0.1) is 0 Å². The van der Waals surface area contributed by atoms with Gasteiger partial charge < -0.3 is 9.84 Å². The molecule has 0 aliphatic heterocycles. The van der Waals surface area contributed by atoms with Crippen LogP contribution in [0.25, 0.3) is 0 Å². The van der Waals surface area contributed by atoms with Crippen molar-refractivity contribution in [2.24, 2.45) is 28.6 Å². The van der Waals surface area contributed by atoms with Gasteiger partial charge in [0.1, 0.15) is 11.7 Å². The Kier molecular flexibility index (Phi) is 4.38. The molecule has 7 atom stereocenters. The largest absolute Gasteiger partial charge is 0.462 e. The van der Waals surface area contributed by atoms with Gasteiger partial charge in [-0.3, -0.25) is 9.59 Å². The average molecular weight is 375 g/mol. The van der Waals surface area contributed by atoms with Gasteiger partial charge in [0.25, 0.3) is 0 Å². The van der Waals surface area contributed by atoms with Crippen molar-refractivity contribution in [3.8, 4) is 0 Å². The van der Waals surface area contributed by atoms with E-state index in [1.807, 2.05) is 0 Å². The molecule has 0 aromatic rings. The highest BCUT2D eigenvalue weighted by Gasteiger charge is 2.65. The predicted octanol–water partition coefficient (Wildman–Crippen LogP) is 4.20. The first-order chi connectivity index (χ1) is 12.6. The quantitative estimate of drug-likeness (QED) is 0.581. The maximum absolute atomic E-state index is 12.3. The highest BCUT2D eigenvalue weighted by atomic mass is 16.5. The predicted molar refractivity (Wildman–Crippen MR) is 103 cm³/mol. The summed E-state index contributed by atoms with van der Waals surface area (Å²) in [5.74, 6) is 1.36. The number of ether oxygens (including phenoxy) is 1. The van der Waals surface area contributed by atoms with Crippen molar-refractivity contribution in [3.63, 3.8) is 0 Å². The van der Waals surface area contributed by atoms with Crippen molar-refractivity contribution in [1.82, 2.24) is 0 Å². The molecule has 0 saturated heterocycles. The first kappa shape index (κ1) is 19.2. The summed E-state index contributed by atoms with van der Waals surface area (Å²) in [4.78, 5) is 23.7. The minimum atomic E-state index is -1.14. The van der Waals surface area contributed by atoms with Gasteiger partial charge in [-0.2, -0.15) is 0 Å². The first-order valence-electron chi connectivity index (χ1n) is 10.7. The third-order valence-corrected chi connectivity index (χ3v) is 9.13. The average Bonchev–Trinajstić information content (AvgIpc) is 2.87. The van der Waals surface area contributed by atoms with E-state index in [1.54, 1.807) is 6.92 Å². The number of allylic oxidation sites excluding steroid dienone is 1. The second kappa shape index (κ2) is 6.17. The summed E-state index contributed by atoms with van der Waals surface area (Å²) < 4.78 is 5.51. The van der Waals surface area contributed by atoms with E-state index in [1.165, 1.54) is 12.5 Å². The Hall–Kier alpha value is -1.16. The lowest BCUT2D eigenvalue weighted by Crippen LogP contribution is -2.57. The van der Waals surface area contributed by atoms with Gasteiger partial charge in [-0.25, -0.2) is 0 Å². The number of Topliss-reactive ketones (excluding diaryl/α,β-unsaturated/α-hetero) is 1. The van der Waals surface area contributed by atoms with Crippen LogP contribution in [-0.2, 0) is 14.3 Å². The highest BCUT2D eigenvalue weighted by Crippen LogP contribution is 2.67. The number of carbonyl (C=O) groups excluding carboxylic acids is 2. The van der Waals surface area contributed by atoms with Gasteiger partial charge in [0.15, 0.2) is 5.78 Å². The number of rotatable bonds is 2. The maximum Gasteiger partial charge on any atom is 0.302 e. The number of hydrogen-bond acceptors (Lipinski definition) is 4. The molecule has 0 bridgehead atoms. The topological polar surface area (TPSA) is 63.6 Å². The van der Waals surface area contributed by atoms with Crippen LogP contribution in [0.1, 0.15) is 79.1 Å². The maximum atomic E-state index is 12.3. The number of fused-ring (bicyclic) bond motifs is 5. The molecule has 0 spiro atoms. The molecule has 3 saturated carbocycles. The Labute approximate surface area is 162 Å². The van der Waals surface area contributed by atoms with Crippen molar-refractivity contribution in [2.75, 3.05) is 0 Å². The zero-order valence-electron chi connectivity index (χ0n) is 17.2. The van der Waals surface area contributed by atoms with Crippen molar-refractivity contribution in [1.29, 1.82) is 0 Å². The van der Waals surface area contributed by atoms with Gasteiger partial charge in [-0.15, -0.1) is 0 Å². The first-order valence-corrected chi connectivity index (χ1v) is 10.7. The lowest BCUT2D eigenvalue weighted by Gasteiger charge is -2.58. The Balaban J connectivity index is 1.61. The van der Waals surface area contributed by atoms with E-state index >= 15 is 0 Å². The summed E-state index contributed by atoms with van der Waals surface area (Å²) >= 11 is 0. The highest BCUT2D eigenvalue weighted by molar-refractivity contribution is 5.86. The monoisotopic (exact) mass is 374 g/mol. The number of hydrogen-bond donors (Lipinski definition) is 1. The summed E-state index contributed by atoms with van der Waals surface area (Å²) in [6.45, 7) is 7.64. The number of aliphatic hydroxyl groups is 1. The molecular formula is C23H34O4. The molecule has 1 N–H and O–H groups in total. The molecule has 4 heteroatoms. The van der Waals surface area contributed by atoms with Crippen LogP contribution in [0.15, 0.2) is 11.6 Å². The van der Waals surface area contributed by atoms with Crippen molar-refractivity contribution < 1.29 is 19.4 Å². The number of carbonyl (C=O) groups is 2. The second-order valence-electron chi connectivity index (χ2n) is 10.1. The van der Waals surface area contributed by atoms with E-state index in [0.717, 1.165) is 44.9 Å². The van der Waals surface area contributed by atoms with Crippen LogP contribution in [0.5, 0.6) is 0 Å². The van der Waals surface area contributed by atoms with Crippen LogP contribution in [0.4, 0.5) is 0 Å². The second-order valence-corrected chi connectivity index (χ2v) is 10.1. The van der Waals surface area contributed by atoms with Crippen molar-refractivity contribution >= 4 is 11.8 Å². The fourth-order valence-electron chi connectivity index (χ4n) is 7.56. The van der Waals surface area contributed by atoms with Gasteiger partial charge in [0, 0.05) is 18.8 Å². The van der Waals surface area contributed by atoms with Crippen LogP contribution in [-0.4, -0.2) is 28.6 Å². The van der Waals surface area contributed by atoms with E-state index in [4.69, 9.17) is 4.74 Å². The zero-order chi connectivity index (χ0) is 19.6. The molecular weight excluding hydrogens is 340 g/mol. The summed E-state index contributed by atoms with van der Waals surface area (Å²) in [5.41, 5.74) is 0.235. The molecule has 3 fully saturated rings. The Morgan fingerprint density at radius 3 is 2.44 bits per heavy atom. The van der Waals surface area contributed by atoms with Gasteiger partial charge in [-0.1, -0.05) is 25.5 Å². The number of esters is 1. The fraction of sp³-hybridized carbons (Fsp3) is 0.826. The molecule has 4 rings (SSSR count). The third kappa shape index (κ3) is 2.58. The lowest BCUT2D eigenvalue weighted by atomic mass is 9.47. The van der Waals surface area contributed by atoms with Crippen LogP contribution in [0.2, 0.25) is 0 Å². The summed E-state index contributed by atoms with van der Waals surface area (Å²) in [6.07, 6.45) is 9.96. The molecule has 0 unspecified atom stereocenters. The van der Waals surface area contributed by atoms with Crippen LogP contribution in [0, 0.1) is 28.6 Å². The smallest absolute Gasteiger partial charge is 0.302 e. The molecule has 27 heavy (non-hydrogen) atoms. The van der Waals surface area contributed by atoms with Crippen LogP contribution < -0.4 is 0 Å². The van der Waals surface area contributed by atoms with Gasteiger partial charge >= 0.3 is 5.97 Å². The summed E-state index contributed by atoms with van der Waals surface area (Å²) in [6, 6.07) is 0. The molecule has 0 aromatic carbocycles. The molecule has 4 nitrogen and oxygen atoms in total. The normalized spacial score (nSPS) is 48.7. The third-order valence-electron chi connectivity index (χ3n) is 9.13. The number of ketones is 1. The van der Waals surface area contributed by atoms with E-state index in [-0.39, 0.29) is 28.7 Å². The molecule has 0 heterocycles. The van der Waals surface area contributed by atoms with E-state index < -0.39 is 5.60 Å². The van der Waals surface area contributed by atoms with Crippen LogP contribution >= 0.6 is 0 Å². The molecule has 0 aromatic heterocycles. The zero-order valence-corrected chi connectivity index (χ0v) is 17.2. The van der Waals surface area contributed by atoms with Gasteiger partial charge in [0.2, 0.25) is 0 Å². The van der Waals surface area contributed by atoms with Gasteiger partial charge in [-0.05, 0) is 75.0 Å². The van der Waals surface area contributed by atoms with E-state index in [2.05, 4.69) is 19.9 Å². The molecule has 4 aliphatic rings. The minimum Gasteiger partial charge on any atom is -0.462 e. The van der Waals surface area contributed by atoms with Crippen molar-refractivity contribution in [3.05, 3.63) is 11.6 Å².